The highest BCUT2D eigenvalue weighted by Gasteiger charge is 2.32. The summed E-state index contributed by atoms with van der Waals surface area (Å²) in [6, 6.07) is 6.96. The number of imide groups is 1. The Morgan fingerprint density at radius 3 is 2.31 bits per heavy atom. The smallest absolute Gasteiger partial charge is 0.322 e. The van der Waals surface area contributed by atoms with Crippen molar-refractivity contribution in [3.05, 3.63) is 30.3 Å². The van der Waals surface area contributed by atoms with Crippen LogP contribution in [0.3, 0.4) is 0 Å². The molecular formula is C16H20N4O5S. The lowest BCUT2D eigenvalue weighted by molar-refractivity contribution is -0.132. The fourth-order valence-electron chi connectivity index (χ4n) is 3.01. The Balaban J connectivity index is 1.51. The number of nitrogens with zero attached hydrogens (tertiary/aromatic N) is 2. The molecule has 0 aromatic heterocycles. The van der Waals surface area contributed by atoms with E-state index in [4.69, 9.17) is 0 Å². The highest BCUT2D eigenvalue weighted by molar-refractivity contribution is 7.89. The molecule has 26 heavy (non-hydrogen) atoms. The molecule has 4 amide bonds. The number of piperazine rings is 1. The third-order valence-corrected chi connectivity index (χ3v) is 6.39. The van der Waals surface area contributed by atoms with E-state index in [1.54, 1.807) is 35.2 Å². The summed E-state index contributed by atoms with van der Waals surface area (Å²) >= 11 is 0. The molecule has 1 aromatic rings. The van der Waals surface area contributed by atoms with Crippen molar-refractivity contribution in [3.8, 4) is 0 Å². The van der Waals surface area contributed by atoms with Gasteiger partial charge in [0, 0.05) is 32.6 Å². The fourth-order valence-corrected chi connectivity index (χ4v) is 4.45. The first-order valence-corrected chi connectivity index (χ1v) is 9.76. The second-order valence-electron chi connectivity index (χ2n) is 6.15. The molecule has 0 spiro atoms. The van der Waals surface area contributed by atoms with Crippen LogP contribution in [0.2, 0.25) is 0 Å². The maximum absolute atomic E-state index is 12.6. The number of nitrogens with one attached hydrogen (secondary N) is 2. The number of hydrogen-bond acceptors (Lipinski definition) is 5. The normalized spacial score (nSPS) is 21.4. The Morgan fingerprint density at radius 1 is 1.08 bits per heavy atom. The van der Waals surface area contributed by atoms with Crippen molar-refractivity contribution >= 4 is 27.9 Å². The van der Waals surface area contributed by atoms with Crippen LogP contribution in [-0.4, -0.2) is 67.7 Å². The van der Waals surface area contributed by atoms with E-state index >= 15 is 0 Å². The van der Waals surface area contributed by atoms with E-state index in [0.717, 1.165) is 0 Å². The molecule has 1 atom stereocenters. The van der Waals surface area contributed by atoms with E-state index in [0.29, 0.717) is 13.1 Å². The first-order chi connectivity index (χ1) is 12.4. The second-order valence-corrected chi connectivity index (χ2v) is 8.09. The van der Waals surface area contributed by atoms with Gasteiger partial charge in [-0.2, -0.15) is 4.31 Å². The van der Waals surface area contributed by atoms with Crippen molar-refractivity contribution in [2.24, 2.45) is 0 Å². The van der Waals surface area contributed by atoms with Crippen LogP contribution in [0.1, 0.15) is 12.8 Å². The Morgan fingerprint density at radius 2 is 1.73 bits per heavy atom. The minimum absolute atomic E-state index is 0.115. The van der Waals surface area contributed by atoms with Gasteiger partial charge in [-0.3, -0.25) is 14.9 Å². The average Bonchev–Trinajstić information content (AvgIpc) is 2.97. The zero-order chi connectivity index (χ0) is 18.7. The van der Waals surface area contributed by atoms with Crippen LogP contribution in [0.5, 0.6) is 0 Å². The third-order valence-electron chi connectivity index (χ3n) is 4.48. The Labute approximate surface area is 151 Å². The topological polar surface area (TPSA) is 116 Å². The predicted molar refractivity (Wildman–Crippen MR) is 91.5 cm³/mol. The summed E-state index contributed by atoms with van der Waals surface area (Å²) in [5.74, 6) is -0.586. The summed E-state index contributed by atoms with van der Waals surface area (Å²) in [5, 5.41) is 4.57. The van der Waals surface area contributed by atoms with Crippen LogP contribution < -0.4 is 10.6 Å². The molecule has 10 heteroatoms. The first kappa shape index (κ1) is 18.3. The van der Waals surface area contributed by atoms with Crippen molar-refractivity contribution in [1.82, 2.24) is 19.8 Å². The van der Waals surface area contributed by atoms with Crippen molar-refractivity contribution in [1.29, 1.82) is 0 Å². The van der Waals surface area contributed by atoms with E-state index < -0.39 is 28.0 Å². The number of urea groups is 1. The molecule has 2 saturated heterocycles. The molecule has 0 unspecified atom stereocenters. The van der Waals surface area contributed by atoms with Gasteiger partial charge in [0.25, 0.3) is 5.91 Å². The molecule has 2 aliphatic rings. The molecule has 2 fully saturated rings. The first-order valence-electron chi connectivity index (χ1n) is 8.32. The molecule has 0 aliphatic carbocycles. The van der Waals surface area contributed by atoms with Crippen molar-refractivity contribution < 1.29 is 22.8 Å². The van der Waals surface area contributed by atoms with Gasteiger partial charge in [-0.1, -0.05) is 18.2 Å². The summed E-state index contributed by atoms with van der Waals surface area (Å²) in [5.41, 5.74) is 0. The Hall–Kier alpha value is -2.46. The lowest BCUT2D eigenvalue weighted by Gasteiger charge is -2.34. The Bertz CT molecular complexity index is 803. The van der Waals surface area contributed by atoms with Gasteiger partial charge in [0.15, 0.2) is 0 Å². The predicted octanol–water partition coefficient (Wildman–Crippen LogP) is -0.492. The van der Waals surface area contributed by atoms with Crippen LogP contribution in [0.15, 0.2) is 35.2 Å². The van der Waals surface area contributed by atoms with Crippen LogP contribution in [-0.2, 0) is 19.6 Å². The minimum atomic E-state index is -3.55. The molecule has 2 aliphatic heterocycles. The molecule has 0 radical (unpaired) electrons. The number of hydrogen-bond donors (Lipinski definition) is 2. The summed E-state index contributed by atoms with van der Waals surface area (Å²) < 4.78 is 26.5. The van der Waals surface area contributed by atoms with Crippen molar-refractivity contribution in [2.45, 2.75) is 23.8 Å². The van der Waals surface area contributed by atoms with Crippen LogP contribution in [0.25, 0.3) is 0 Å². The van der Waals surface area contributed by atoms with Crippen LogP contribution in [0.4, 0.5) is 4.79 Å². The average molecular weight is 380 g/mol. The molecule has 0 saturated carbocycles. The SMILES string of the molecule is O=C1NC(=O)[C@H](CCC(=O)N2CCN(S(=O)(=O)c3ccccc3)CC2)N1. The van der Waals surface area contributed by atoms with Gasteiger partial charge < -0.3 is 10.2 Å². The summed E-state index contributed by atoms with van der Waals surface area (Å²) in [4.78, 5) is 36.6. The Kier molecular flexibility index (Phi) is 5.23. The fraction of sp³-hybridized carbons (Fsp3) is 0.438. The van der Waals surface area contributed by atoms with Gasteiger partial charge in [-0.25, -0.2) is 13.2 Å². The maximum atomic E-state index is 12.6. The van der Waals surface area contributed by atoms with Gasteiger partial charge in [0.2, 0.25) is 15.9 Å². The lowest BCUT2D eigenvalue weighted by Crippen LogP contribution is -2.50. The number of carbonyl (C=O) groups is 3. The maximum Gasteiger partial charge on any atom is 0.322 e. The van der Waals surface area contributed by atoms with Crippen molar-refractivity contribution in [2.75, 3.05) is 26.2 Å². The van der Waals surface area contributed by atoms with E-state index in [2.05, 4.69) is 10.6 Å². The standard InChI is InChI=1S/C16H20N4O5S/c21-14(7-6-13-15(22)18-16(23)17-13)19-8-10-20(11-9-19)26(24,25)12-4-2-1-3-5-12/h1-5,13H,6-11H2,(H2,17,18,22,23)/t13-/m0/s1. The lowest BCUT2D eigenvalue weighted by atomic mass is 10.1. The zero-order valence-corrected chi connectivity index (χ0v) is 14.9. The highest BCUT2D eigenvalue weighted by Crippen LogP contribution is 2.17. The van der Waals surface area contributed by atoms with Gasteiger partial charge in [0.05, 0.1) is 4.90 Å². The zero-order valence-electron chi connectivity index (χ0n) is 14.1. The van der Waals surface area contributed by atoms with Gasteiger partial charge in [-0.15, -0.1) is 0 Å². The van der Waals surface area contributed by atoms with Gasteiger partial charge in [-0.05, 0) is 18.6 Å². The quantitative estimate of drug-likeness (QED) is 0.669. The number of rotatable bonds is 5. The van der Waals surface area contributed by atoms with Gasteiger partial charge >= 0.3 is 6.03 Å². The molecule has 2 N–H and O–H groups in total. The molecule has 2 heterocycles. The van der Waals surface area contributed by atoms with E-state index in [1.807, 2.05) is 0 Å². The largest absolute Gasteiger partial charge is 0.340 e. The highest BCUT2D eigenvalue weighted by atomic mass is 32.2. The molecule has 140 valence electrons. The van der Waals surface area contributed by atoms with Gasteiger partial charge in [0.1, 0.15) is 6.04 Å². The molecule has 1 aromatic carbocycles. The summed E-state index contributed by atoms with van der Waals surface area (Å²) in [6.07, 6.45) is 0.336. The minimum Gasteiger partial charge on any atom is -0.340 e. The molecular weight excluding hydrogens is 360 g/mol. The number of carbonyl (C=O) groups excluding carboxylic acids is 3. The van der Waals surface area contributed by atoms with E-state index in [9.17, 15) is 22.8 Å². The number of amides is 4. The van der Waals surface area contributed by atoms with Crippen LogP contribution >= 0.6 is 0 Å². The molecule has 9 nitrogen and oxygen atoms in total. The summed E-state index contributed by atoms with van der Waals surface area (Å²) in [7, 11) is -3.55. The molecule has 0 bridgehead atoms. The number of benzene rings is 1. The van der Waals surface area contributed by atoms with Crippen molar-refractivity contribution in [3.63, 3.8) is 0 Å². The third kappa shape index (κ3) is 3.86. The van der Waals surface area contributed by atoms with Crippen LogP contribution in [0, 0.1) is 0 Å². The second kappa shape index (κ2) is 7.42. The van der Waals surface area contributed by atoms with E-state index in [1.165, 1.54) is 4.31 Å². The summed E-state index contributed by atoms with van der Waals surface area (Å²) in [6.45, 7) is 1.05. The van der Waals surface area contributed by atoms with E-state index in [-0.39, 0.29) is 36.7 Å². The number of sulfonamides is 1. The monoisotopic (exact) mass is 380 g/mol. The molecule has 3 rings (SSSR count).